The van der Waals surface area contributed by atoms with Gasteiger partial charge in [0.25, 0.3) is 0 Å². The molecule has 0 unspecified atom stereocenters. The average molecular weight is 452 g/mol. The monoisotopic (exact) mass is 451 g/mol. The molecule has 0 saturated heterocycles. The van der Waals surface area contributed by atoms with Gasteiger partial charge in [-0.2, -0.15) is 9.57 Å². The molecule has 0 amide bonds. The fourth-order valence-corrected chi connectivity index (χ4v) is 4.96. The van der Waals surface area contributed by atoms with Crippen LogP contribution in [0.25, 0.3) is 11.1 Å². The number of carbonyl (C=O) groups excluding carboxylic acids is 1. The van der Waals surface area contributed by atoms with E-state index in [1.807, 2.05) is 42.5 Å². The van der Waals surface area contributed by atoms with Crippen molar-refractivity contribution in [3.05, 3.63) is 77.6 Å². The number of aryl methyl sites for hydroxylation is 1. The number of esters is 1. The van der Waals surface area contributed by atoms with Crippen molar-refractivity contribution in [2.45, 2.75) is 25.3 Å². The summed E-state index contributed by atoms with van der Waals surface area (Å²) in [5.74, 6) is -0.604. The van der Waals surface area contributed by atoms with E-state index in [2.05, 4.69) is 6.07 Å². The highest BCUT2D eigenvalue weighted by Gasteiger charge is 2.25. The van der Waals surface area contributed by atoms with E-state index in [-0.39, 0.29) is 17.2 Å². The maximum Gasteiger partial charge on any atom is 0.355 e. The second kappa shape index (κ2) is 9.81. The summed E-state index contributed by atoms with van der Waals surface area (Å²) in [5.41, 5.74) is 3.26. The molecular formula is C24H25N3O4S. The lowest BCUT2D eigenvalue weighted by Gasteiger charge is -2.17. The van der Waals surface area contributed by atoms with E-state index in [1.165, 1.54) is 21.1 Å². The first-order chi connectivity index (χ1) is 15.3. The standard InChI is InChI=1S/C24H25N3O4S/c1-4-27(5-2)32(29,30)21-14-23(26(3)16-21)24(28)31-17-18-10-12-19(13-11-18)22-9-7-6-8-20(22)15-25/h6-14,16H,4-5,17H2,1-3H3. The molecule has 0 aliphatic rings. The Labute approximate surface area is 188 Å². The number of aromatic nitrogens is 1. The molecule has 0 saturated carbocycles. The summed E-state index contributed by atoms with van der Waals surface area (Å²) >= 11 is 0. The number of nitrogens with zero attached hydrogens (tertiary/aromatic N) is 3. The maximum absolute atomic E-state index is 12.7. The SMILES string of the molecule is CCN(CC)S(=O)(=O)c1cc(C(=O)OCc2ccc(-c3ccccc3C#N)cc2)n(C)c1. The van der Waals surface area contributed by atoms with E-state index in [0.29, 0.717) is 18.7 Å². The Morgan fingerprint density at radius 2 is 1.75 bits per heavy atom. The minimum Gasteiger partial charge on any atom is -0.456 e. The molecule has 3 rings (SSSR count). The number of carbonyl (C=O) groups is 1. The van der Waals surface area contributed by atoms with Crippen LogP contribution < -0.4 is 0 Å². The van der Waals surface area contributed by atoms with Gasteiger partial charge in [-0.3, -0.25) is 0 Å². The van der Waals surface area contributed by atoms with Crippen LogP contribution in [0.1, 0.15) is 35.5 Å². The molecule has 3 aromatic rings. The minimum absolute atomic E-state index is 0.0440. The van der Waals surface area contributed by atoms with Crippen LogP contribution in [0.3, 0.4) is 0 Å². The zero-order valence-corrected chi connectivity index (χ0v) is 19.1. The van der Waals surface area contributed by atoms with Gasteiger partial charge >= 0.3 is 5.97 Å². The number of rotatable bonds is 8. The Morgan fingerprint density at radius 1 is 1.09 bits per heavy atom. The van der Waals surface area contributed by atoms with Crippen LogP contribution >= 0.6 is 0 Å². The Kier molecular flexibility index (Phi) is 7.13. The maximum atomic E-state index is 12.7. The molecule has 0 N–H and O–H groups in total. The molecule has 8 heteroatoms. The zero-order valence-electron chi connectivity index (χ0n) is 18.3. The summed E-state index contributed by atoms with van der Waals surface area (Å²) in [5, 5.41) is 9.27. The summed E-state index contributed by atoms with van der Waals surface area (Å²) < 4.78 is 33.6. The predicted molar refractivity (Wildman–Crippen MR) is 121 cm³/mol. The van der Waals surface area contributed by atoms with Crippen molar-refractivity contribution in [3.8, 4) is 17.2 Å². The third kappa shape index (κ3) is 4.74. The number of benzene rings is 2. The van der Waals surface area contributed by atoms with Gasteiger partial charge in [-0.15, -0.1) is 0 Å². The van der Waals surface area contributed by atoms with Gasteiger partial charge in [-0.25, -0.2) is 13.2 Å². The highest BCUT2D eigenvalue weighted by atomic mass is 32.2. The lowest BCUT2D eigenvalue weighted by molar-refractivity contribution is 0.0461. The Bertz CT molecular complexity index is 1250. The highest BCUT2D eigenvalue weighted by molar-refractivity contribution is 7.89. The van der Waals surface area contributed by atoms with Crippen LogP contribution in [0.5, 0.6) is 0 Å². The average Bonchev–Trinajstić information content (AvgIpc) is 3.21. The fraction of sp³-hybridized carbons (Fsp3) is 0.250. The van der Waals surface area contributed by atoms with Gasteiger partial charge in [-0.05, 0) is 28.8 Å². The molecule has 0 fully saturated rings. The van der Waals surface area contributed by atoms with E-state index in [4.69, 9.17) is 4.74 Å². The molecule has 0 spiro atoms. The van der Waals surface area contributed by atoms with Crippen molar-refractivity contribution in [1.82, 2.24) is 8.87 Å². The summed E-state index contributed by atoms with van der Waals surface area (Å²) in [4.78, 5) is 12.6. The first-order valence-electron chi connectivity index (χ1n) is 10.2. The zero-order chi connectivity index (χ0) is 23.3. The van der Waals surface area contributed by atoms with Crippen molar-refractivity contribution in [2.75, 3.05) is 13.1 Å². The van der Waals surface area contributed by atoms with Crippen molar-refractivity contribution in [3.63, 3.8) is 0 Å². The van der Waals surface area contributed by atoms with Crippen LogP contribution in [0.2, 0.25) is 0 Å². The number of ether oxygens (including phenoxy) is 1. The van der Waals surface area contributed by atoms with Crippen LogP contribution in [0, 0.1) is 11.3 Å². The predicted octanol–water partition coefficient (Wildman–Crippen LogP) is 3.95. The quantitative estimate of drug-likeness (QED) is 0.484. The van der Waals surface area contributed by atoms with Gasteiger partial charge in [0.05, 0.1) is 11.6 Å². The van der Waals surface area contributed by atoms with E-state index < -0.39 is 16.0 Å². The molecule has 0 aliphatic heterocycles. The van der Waals surface area contributed by atoms with Crippen molar-refractivity contribution < 1.29 is 17.9 Å². The number of hydrogen-bond acceptors (Lipinski definition) is 5. The Hall–Kier alpha value is -3.41. The van der Waals surface area contributed by atoms with Crippen molar-refractivity contribution in [2.24, 2.45) is 7.05 Å². The smallest absolute Gasteiger partial charge is 0.355 e. The molecular weight excluding hydrogens is 426 g/mol. The highest BCUT2D eigenvalue weighted by Crippen LogP contribution is 2.24. The van der Waals surface area contributed by atoms with Gasteiger partial charge in [0.15, 0.2) is 0 Å². The van der Waals surface area contributed by atoms with Crippen molar-refractivity contribution >= 4 is 16.0 Å². The molecule has 0 atom stereocenters. The summed E-state index contributed by atoms with van der Waals surface area (Å²) in [6.07, 6.45) is 1.42. The van der Waals surface area contributed by atoms with Gasteiger partial charge in [-0.1, -0.05) is 56.3 Å². The Balaban J connectivity index is 1.71. The Morgan fingerprint density at radius 3 is 2.38 bits per heavy atom. The molecule has 1 heterocycles. The molecule has 1 aromatic heterocycles. The largest absolute Gasteiger partial charge is 0.456 e. The van der Waals surface area contributed by atoms with Crippen LogP contribution in [-0.2, 0) is 28.4 Å². The first-order valence-corrected chi connectivity index (χ1v) is 11.7. The molecule has 0 radical (unpaired) electrons. The van der Waals surface area contributed by atoms with Crippen LogP contribution in [0.4, 0.5) is 0 Å². The normalized spacial score (nSPS) is 11.3. The van der Waals surface area contributed by atoms with Gasteiger partial charge in [0.2, 0.25) is 10.0 Å². The molecule has 0 aliphatic carbocycles. The van der Waals surface area contributed by atoms with E-state index >= 15 is 0 Å². The van der Waals surface area contributed by atoms with Gasteiger partial charge < -0.3 is 9.30 Å². The molecule has 32 heavy (non-hydrogen) atoms. The summed E-state index contributed by atoms with van der Waals surface area (Å²) in [7, 11) is -2.05. The van der Waals surface area contributed by atoms with Gasteiger partial charge in [0, 0.05) is 26.3 Å². The number of sulfonamides is 1. The first kappa shape index (κ1) is 23.3. The van der Waals surface area contributed by atoms with Crippen LogP contribution in [-0.4, -0.2) is 36.3 Å². The van der Waals surface area contributed by atoms with E-state index in [9.17, 15) is 18.5 Å². The van der Waals surface area contributed by atoms with E-state index in [0.717, 1.165) is 16.7 Å². The molecule has 0 bridgehead atoms. The second-order valence-corrected chi connectivity index (χ2v) is 9.13. The van der Waals surface area contributed by atoms with E-state index in [1.54, 1.807) is 27.0 Å². The number of nitriles is 1. The third-order valence-electron chi connectivity index (χ3n) is 5.21. The molecule has 7 nitrogen and oxygen atoms in total. The molecule has 166 valence electrons. The van der Waals surface area contributed by atoms with Crippen molar-refractivity contribution in [1.29, 1.82) is 5.26 Å². The third-order valence-corrected chi connectivity index (χ3v) is 7.23. The summed E-state index contributed by atoms with van der Waals surface area (Å²) in [6, 6.07) is 18.3. The minimum atomic E-state index is -3.66. The fourth-order valence-electron chi connectivity index (χ4n) is 3.43. The summed E-state index contributed by atoms with van der Waals surface area (Å²) in [6.45, 7) is 4.28. The van der Waals surface area contributed by atoms with Gasteiger partial charge in [0.1, 0.15) is 17.2 Å². The lowest BCUT2D eigenvalue weighted by Crippen LogP contribution is -2.30. The molecule has 2 aromatic carbocycles. The topological polar surface area (TPSA) is 92.4 Å². The number of hydrogen-bond donors (Lipinski definition) is 0. The second-order valence-electron chi connectivity index (χ2n) is 7.19. The van der Waals surface area contributed by atoms with Crippen LogP contribution in [0.15, 0.2) is 65.7 Å². The lowest BCUT2D eigenvalue weighted by atomic mass is 9.99.